The molecule has 0 atom stereocenters. The lowest BCUT2D eigenvalue weighted by Gasteiger charge is -2.34. The molecule has 0 aliphatic carbocycles. The van der Waals surface area contributed by atoms with Gasteiger partial charge in [-0.3, -0.25) is 14.5 Å². The first-order valence-electron chi connectivity index (χ1n) is 7.01. The van der Waals surface area contributed by atoms with Crippen molar-refractivity contribution in [2.45, 2.75) is 19.4 Å². The summed E-state index contributed by atoms with van der Waals surface area (Å²) in [6.07, 6.45) is 0.730. The van der Waals surface area contributed by atoms with E-state index in [1.54, 1.807) is 0 Å². The highest BCUT2D eigenvalue weighted by Gasteiger charge is 2.23. The summed E-state index contributed by atoms with van der Waals surface area (Å²) in [5.74, 6) is -0.711. The van der Waals surface area contributed by atoms with Gasteiger partial charge in [0.1, 0.15) is 0 Å². The van der Waals surface area contributed by atoms with E-state index in [2.05, 4.69) is 0 Å². The van der Waals surface area contributed by atoms with Gasteiger partial charge in [-0.1, -0.05) is 23.7 Å². The van der Waals surface area contributed by atoms with Crippen molar-refractivity contribution in [3.63, 3.8) is 0 Å². The van der Waals surface area contributed by atoms with Gasteiger partial charge in [0.2, 0.25) is 5.91 Å². The van der Waals surface area contributed by atoms with Gasteiger partial charge in [-0.25, -0.2) is 0 Å². The van der Waals surface area contributed by atoms with Crippen molar-refractivity contribution in [2.75, 3.05) is 26.2 Å². The highest BCUT2D eigenvalue weighted by atomic mass is 35.5. The van der Waals surface area contributed by atoms with Gasteiger partial charge in [0.05, 0.1) is 6.54 Å². The number of benzene rings is 1. The predicted octanol–water partition coefficient (Wildman–Crippen LogP) is 1.85. The Morgan fingerprint density at radius 2 is 2.14 bits per heavy atom. The van der Waals surface area contributed by atoms with Crippen LogP contribution in [0.1, 0.15) is 18.4 Å². The summed E-state index contributed by atoms with van der Waals surface area (Å²) in [5.41, 5.74) is 1.02. The molecular weight excluding hydrogens is 292 g/mol. The fourth-order valence-corrected chi connectivity index (χ4v) is 2.64. The topological polar surface area (TPSA) is 60.9 Å². The molecule has 0 bridgehead atoms. The van der Waals surface area contributed by atoms with Crippen LogP contribution in [-0.2, 0) is 16.1 Å². The third kappa shape index (κ3) is 5.02. The SMILES string of the molecule is O=C(O)CCCN1CCN(Cc2cccc(Cl)c2)C(=O)C1. The van der Waals surface area contributed by atoms with Gasteiger partial charge in [-0.15, -0.1) is 0 Å². The van der Waals surface area contributed by atoms with Crippen LogP contribution in [0.3, 0.4) is 0 Å². The maximum absolute atomic E-state index is 12.1. The number of hydrogen-bond acceptors (Lipinski definition) is 3. The number of nitrogens with zero attached hydrogens (tertiary/aromatic N) is 2. The van der Waals surface area contributed by atoms with Crippen molar-refractivity contribution in [2.24, 2.45) is 0 Å². The summed E-state index contributed by atoms with van der Waals surface area (Å²) in [6, 6.07) is 7.52. The van der Waals surface area contributed by atoms with Crippen molar-refractivity contribution in [3.8, 4) is 0 Å². The van der Waals surface area contributed by atoms with Crippen LogP contribution in [0, 0.1) is 0 Å². The molecule has 114 valence electrons. The average Bonchev–Trinajstić information content (AvgIpc) is 2.41. The fraction of sp³-hybridized carbons (Fsp3) is 0.467. The molecule has 0 aromatic heterocycles. The molecule has 1 fully saturated rings. The summed E-state index contributed by atoms with van der Waals surface area (Å²) >= 11 is 5.95. The second-order valence-electron chi connectivity index (χ2n) is 5.22. The van der Waals surface area contributed by atoms with Crippen molar-refractivity contribution in [3.05, 3.63) is 34.9 Å². The molecule has 0 unspecified atom stereocenters. The highest BCUT2D eigenvalue weighted by Crippen LogP contribution is 2.14. The van der Waals surface area contributed by atoms with E-state index in [1.807, 2.05) is 34.1 Å². The molecule has 21 heavy (non-hydrogen) atoms. The van der Waals surface area contributed by atoms with Crippen LogP contribution >= 0.6 is 11.6 Å². The van der Waals surface area contributed by atoms with Crippen LogP contribution in [0.2, 0.25) is 5.02 Å². The zero-order valence-electron chi connectivity index (χ0n) is 11.8. The third-order valence-electron chi connectivity index (χ3n) is 3.53. The molecule has 0 spiro atoms. The van der Waals surface area contributed by atoms with Gasteiger partial charge in [-0.05, 0) is 30.7 Å². The van der Waals surface area contributed by atoms with E-state index in [4.69, 9.17) is 16.7 Å². The van der Waals surface area contributed by atoms with E-state index >= 15 is 0 Å². The van der Waals surface area contributed by atoms with Crippen molar-refractivity contribution in [1.82, 2.24) is 9.80 Å². The van der Waals surface area contributed by atoms with Crippen LogP contribution < -0.4 is 0 Å². The van der Waals surface area contributed by atoms with Gasteiger partial charge < -0.3 is 10.0 Å². The maximum atomic E-state index is 12.1. The number of piperazine rings is 1. The zero-order chi connectivity index (χ0) is 15.2. The lowest BCUT2D eigenvalue weighted by atomic mass is 10.2. The number of carboxylic acids is 1. The number of aliphatic carboxylic acids is 1. The van der Waals surface area contributed by atoms with E-state index in [1.165, 1.54) is 0 Å². The normalized spacial score (nSPS) is 16.2. The predicted molar refractivity (Wildman–Crippen MR) is 80.2 cm³/mol. The monoisotopic (exact) mass is 310 g/mol. The summed E-state index contributed by atoms with van der Waals surface area (Å²) in [4.78, 5) is 26.4. The average molecular weight is 311 g/mol. The smallest absolute Gasteiger partial charge is 0.303 e. The molecule has 1 amide bonds. The summed E-state index contributed by atoms with van der Waals surface area (Å²) in [6.45, 7) is 3.04. The second kappa shape index (κ2) is 7.43. The quantitative estimate of drug-likeness (QED) is 0.871. The van der Waals surface area contributed by atoms with Crippen molar-refractivity contribution in [1.29, 1.82) is 0 Å². The molecule has 1 aliphatic rings. The molecule has 1 aliphatic heterocycles. The first-order valence-corrected chi connectivity index (χ1v) is 7.39. The molecular formula is C15H19ClN2O3. The van der Waals surface area contributed by atoms with E-state index in [0.717, 1.165) is 12.1 Å². The highest BCUT2D eigenvalue weighted by molar-refractivity contribution is 6.30. The Labute approximate surface area is 129 Å². The Kier molecular flexibility index (Phi) is 5.59. The second-order valence-corrected chi connectivity index (χ2v) is 5.66. The number of hydrogen-bond donors (Lipinski definition) is 1. The molecule has 2 rings (SSSR count). The van der Waals surface area contributed by atoms with Crippen molar-refractivity contribution >= 4 is 23.5 Å². The first-order chi connectivity index (χ1) is 10.0. The Bertz CT molecular complexity index is 521. The minimum absolute atomic E-state index is 0.0801. The van der Waals surface area contributed by atoms with Crippen molar-refractivity contribution < 1.29 is 14.7 Å². The standard InChI is InChI=1S/C15H19ClN2O3/c16-13-4-1-3-12(9-13)10-18-8-7-17(11-14(18)19)6-2-5-15(20)21/h1,3-4,9H,2,5-8,10-11H2,(H,20,21). The Morgan fingerprint density at radius 1 is 1.33 bits per heavy atom. The van der Waals surface area contributed by atoms with Crippen LogP contribution in [-0.4, -0.2) is 53.0 Å². The number of carbonyl (C=O) groups is 2. The molecule has 0 saturated carbocycles. The lowest BCUT2D eigenvalue weighted by Crippen LogP contribution is -2.50. The molecule has 1 N–H and O–H groups in total. The van der Waals surface area contributed by atoms with Gasteiger partial charge >= 0.3 is 5.97 Å². The molecule has 5 nitrogen and oxygen atoms in total. The Morgan fingerprint density at radius 3 is 2.81 bits per heavy atom. The van der Waals surface area contributed by atoms with E-state index < -0.39 is 5.97 Å². The van der Waals surface area contributed by atoms with E-state index in [0.29, 0.717) is 37.6 Å². The fourth-order valence-electron chi connectivity index (χ4n) is 2.42. The van der Waals surface area contributed by atoms with E-state index in [-0.39, 0.29) is 12.3 Å². The minimum Gasteiger partial charge on any atom is -0.481 e. The number of amides is 1. The number of carbonyl (C=O) groups excluding carboxylic acids is 1. The Hall–Kier alpha value is -1.59. The van der Waals surface area contributed by atoms with Gasteiger partial charge in [-0.2, -0.15) is 0 Å². The van der Waals surface area contributed by atoms with Crippen LogP contribution in [0.15, 0.2) is 24.3 Å². The summed E-state index contributed by atoms with van der Waals surface area (Å²) in [7, 11) is 0. The molecule has 1 saturated heterocycles. The Balaban J connectivity index is 1.81. The number of carboxylic acid groups (broad SMARTS) is 1. The summed E-state index contributed by atoms with van der Waals surface area (Å²) in [5, 5.41) is 9.29. The number of rotatable bonds is 6. The van der Waals surface area contributed by atoms with Crippen LogP contribution in [0.5, 0.6) is 0 Å². The first kappa shape index (κ1) is 15.8. The van der Waals surface area contributed by atoms with Gasteiger partial charge in [0, 0.05) is 31.1 Å². The molecule has 1 heterocycles. The number of halogens is 1. The lowest BCUT2D eigenvalue weighted by molar-refractivity contribution is -0.137. The van der Waals surface area contributed by atoms with Crippen LogP contribution in [0.25, 0.3) is 0 Å². The maximum Gasteiger partial charge on any atom is 0.303 e. The zero-order valence-corrected chi connectivity index (χ0v) is 12.6. The molecule has 1 aromatic carbocycles. The minimum atomic E-state index is -0.791. The summed E-state index contributed by atoms with van der Waals surface area (Å²) < 4.78 is 0. The molecule has 1 aromatic rings. The van der Waals surface area contributed by atoms with E-state index in [9.17, 15) is 9.59 Å². The third-order valence-corrected chi connectivity index (χ3v) is 3.76. The molecule has 0 radical (unpaired) electrons. The molecule has 6 heteroatoms. The van der Waals surface area contributed by atoms with Gasteiger partial charge in [0.15, 0.2) is 0 Å². The van der Waals surface area contributed by atoms with Crippen LogP contribution in [0.4, 0.5) is 0 Å². The largest absolute Gasteiger partial charge is 0.481 e. The van der Waals surface area contributed by atoms with Gasteiger partial charge in [0.25, 0.3) is 0 Å².